The second kappa shape index (κ2) is 5.16. The van der Waals surface area contributed by atoms with E-state index in [2.05, 4.69) is 0 Å². The first kappa shape index (κ1) is 14.4. The lowest BCUT2D eigenvalue weighted by atomic mass is 9.73. The highest BCUT2D eigenvalue weighted by molar-refractivity contribution is 6.10. The minimum atomic E-state index is -2.30. The zero-order chi connectivity index (χ0) is 15.6. The standard InChI is InChI=1S/C15H14N2O4/c16-11-8-4-7-10(12(11)17)15(13(18)19,14(20)21)9-5-2-1-3-6-9/h1-8H,16-17H2,(H,18,19)(H,20,21). The molecule has 2 aromatic rings. The van der Waals surface area contributed by atoms with Crippen LogP contribution in [0.15, 0.2) is 48.5 Å². The van der Waals surface area contributed by atoms with Crippen LogP contribution in [0.5, 0.6) is 0 Å². The van der Waals surface area contributed by atoms with Crippen LogP contribution in [-0.2, 0) is 15.0 Å². The van der Waals surface area contributed by atoms with Gasteiger partial charge in [0.05, 0.1) is 11.4 Å². The van der Waals surface area contributed by atoms with Crippen molar-refractivity contribution in [2.24, 2.45) is 0 Å². The van der Waals surface area contributed by atoms with E-state index in [1.165, 1.54) is 30.3 Å². The molecule has 0 unspecified atom stereocenters. The number of nitrogen functional groups attached to an aromatic ring is 2. The molecule has 2 aromatic carbocycles. The highest BCUT2D eigenvalue weighted by atomic mass is 16.4. The van der Waals surface area contributed by atoms with Gasteiger partial charge in [-0.3, -0.25) is 9.59 Å². The summed E-state index contributed by atoms with van der Waals surface area (Å²) in [5.74, 6) is -3.06. The fourth-order valence-electron chi connectivity index (χ4n) is 2.32. The monoisotopic (exact) mass is 286 g/mol. The largest absolute Gasteiger partial charge is 0.480 e. The molecule has 0 amide bonds. The number of carboxylic acid groups (broad SMARTS) is 2. The minimum absolute atomic E-state index is 0.0499. The molecule has 0 saturated heterocycles. The van der Waals surface area contributed by atoms with Gasteiger partial charge in [-0.15, -0.1) is 0 Å². The van der Waals surface area contributed by atoms with Crippen LogP contribution in [0.1, 0.15) is 11.1 Å². The van der Waals surface area contributed by atoms with Gasteiger partial charge in [0.1, 0.15) is 0 Å². The summed E-state index contributed by atoms with van der Waals surface area (Å²) < 4.78 is 0. The topological polar surface area (TPSA) is 127 Å². The Morgan fingerprint density at radius 1 is 0.857 bits per heavy atom. The molecule has 0 aliphatic carbocycles. The van der Waals surface area contributed by atoms with E-state index in [1.54, 1.807) is 18.2 Å². The molecule has 0 aliphatic heterocycles. The van der Waals surface area contributed by atoms with Crippen LogP contribution < -0.4 is 11.5 Å². The smallest absolute Gasteiger partial charge is 0.330 e. The molecule has 0 aliphatic rings. The van der Waals surface area contributed by atoms with Gasteiger partial charge in [0.15, 0.2) is 0 Å². The minimum Gasteiger partial charge on any atom is -0.480 e. The van der Waals surface area contributed by atoms with Gasteiger partial charge in [-0.1, -0.05) is 42.5 Å². The van der Waals surface area contributed by atoms with Crippen molar-refractivity contribution in [3.05, 3.63) is 59.7 Å². The Labute approximate surface area is 120 Å². The Kier molecular flexibility index (Phi) is 3.54. The molecule has 108 valence electrons. The summed E-state index contributed by atoms with van der Waals surface area (Å²) >= 11 is 0. The van der Waals surface area contributed by atoms with E-state index in [4.69, 9.17) is 11.5 Å². The molecule has 0 saturated carbocycles. The normalized spacial score (nSPS) is 11.0. The molecule has 6 heteroatoms. The highest BCUT2D eigenvalue weighted by Crippen LogP contribution is 2.38. The first-order valence-corrected chi connectivity index (χ1v) is 6.09. The van der Waals surface area contributed by atoms with Crippen LogP contribution in [0.3, 0.4) is 0 Å². The van der Waals surface area contributed by atoms with Crippen molar-refractivity contribution in [3.8, 4) is 0 Å². The van der Waals surface area contributed by atoms with E-state index >= 15 is 0 Å². The van der Waals surface area contributed by atoms with Crippen molar-refractivity contribution in [2.75, 3.05) is 11.5 Å². The third-order valence-electron chi connectivity index (χ3n) is 3.39. The van der Waals surface area contributed by atoms with Gasteiger partial charge in [-0.25, -0.2) is 0 Å². The summed E-state index contributed by atoms with van der Waals surface area (Å²) in [7, 11) is 0. The molecule has 0 spiro atoms. The van der Waals surface area contributed by atoms with Gasteiger partial charge in [0.2, 0.25) is 5.41 Å². The van der Waals surface area contributed by atoms with E-state index < -0.39 is 17.4 Å². The lowest BCUT2D eigenvalue weighted by molar-refractivity contribution is -0.155. The van der Waals surface area contributed by atoms with Crippen LogP contribution in [-0.4, -0.2) is 22.2 Å². The fraction of sp³-hybridized carbons (Fsp3) is 0.0667. The van der Waals surface area contributed by atoms with Crippen LogP contribution >= 0.6 is 0 Å². The van der Waals surface area contributed by atoms with Gasteiger partial charge >= 0.3 is 11.9 Å². The van der Waals surface area contributed by atoms with Gasteiger partial charge in [-0.05, 0) is 11.6 Å². The Morgan fingerprint density at radius 2 is 1.43 bits per heavy atom. The zero-order valence-electron chi connectivity index (χ0n) is 11.0. The molecule has 0 heterocycles. The maximum atomic E-state index is 11.9. The number of anilines is 2. The van der Waals surface area contributed by atoms with Crippen LogP contribution in [0, 0.1) is 0 Å². The van der Waals surface area contributed by atoms with E-state index in [9.17, 15) is 19.8 Å². The van der Waals surface area contributed by atoms with Crippen LogP contribution in [0.4, 0.5) is 11.4 Å². The molecule has 0 atom stereocenters. The second-order valence-electron chi connectivity index (χ2n) is 4.53. The van der Waals surface area contributed by atoms with Crippen molar-refractivity contribution in [1.82, 2.24) is 0 Å². The van der Waals surface area contributed by atoms with E-state index in [1.807, 2.05) is 0 Å². The molecule has 6 N–H and O–H groups in total. The number of rotatable bonds is 4. The third kappa shape index (κ3) is 2.06. The summed E-state index contributed by atoms with van der Waals surface area (Å²) in [6.45, 7) is 0. The number of hydrogen-bond acceptors (Lipinski definition) is 4. The number of hydrogen-bond donors (Lipinski definition) is 4. The number of aliphatic carboxylic acids is 2. The Balaban J connectivity index is 2.88. The van der Waals surface area contributed by atoms with E-state index in [0.717, 1.165) is 0 Å². The lowest BCUT2D eigenvalue weighted by Crippen LogP contribution is -2.45. The Bertz CT molecular complexity index is 684. The van der Waals surface area contributed by atoms with Crippen molar-refractivity contribution in [2.45, 2.75) is 5.41 Å². The average molecular weight is 286 g/mol. The number of carboxylic acids is 2. The number of para-hydroxylation sites is 1. The summed E-state index contributed by atoms with van der Waals surface area (Å²) in [6.07, 6.45) is 0. The quantitative estimate of drug-likeness (QED) is 0.495. The Hall–Kier alpha value is -3.02. The third-order valence-corrected chi connectivity index (χ3v) is 3.39. The van der Waals surface area contributed by atoms with Gasteiger partial charge in [0, 0.05) is 5.56 Å². The molecule has 0 bridgehead atoms. The fourth-order valence-corrected chi connectivity index (χ4v) is 2.32. The van der Waals surface area contributed by atoms with Crippen molar-refractivity contribution >= 4 is 23.3 Å². The zero-order valence-corrected chi connectivity index (χ0v) is 11.0. The average Bonchev–Trinajstić information content (AvgIpc) is 2.44. The Morgan fingerprint density at radius 3 is 1.95 bits per heavy atom. The summed E-state index contributed by atoms with van der Waals surface area (Å²) in [6, 6.07) is 12.0. The van der Waals surface area contributed by atoms with Gasteiger partial charge in [0.25, 0.3) is 0 Å². The van der Waals surface area contributed by atoms with Gasteiger partial charge in [-0.2, -0.15) is 0 Å². The predicted octanol–water partition coefficient (Wildman–Crippen LogP) is 1.31. The molecule has 21 heavy (non-hydrogen) atoms. The van der Waals surface area contributed by atoms with Gasteiger partial charge < -0.3 is 21.7 Å². The molecular formula is C15H14N2O4. The molecule has 0 fully saturated rings. The van der Waals surface area contributed by atoms with E-state index in [0.29, 0.717) is 0 Å². The number of benzene rings is 2. The number of carbonyl (C=O) groups is 2. The highest BCUT2D eigenvalue weighted by Gasteiger charge is 2.51. The molecule has 0 aromatic heterocycles. The predicted molar refractivity (Wildman–Crippen MR) is 77.8 cm³/mol. The number of nitrogens with two attached hydrogens (primary N) is 2. The second-order valence-corrected chi connectivity index (χ2v) is 4.53. The molecular weight excluding hydrogens is 272 g/mol. The molecule has 6 nitrogen and oxygen atoms in total. The SMILES string of the molecule is Nc1cccc(C(C(=O)O)(C(=O)O)c2ccccc2)c1N. The van der Waals surface area contributed by atoms with E-state index in [-0.39, 0.29) is 22.5 Å². The summed E-state index contributed by atoms with van der Waals surface area (Å²) in [5, 5.41) is 19.3. The summed E-state index contributed by atoms with van der Waals surface area (Å²) in [4.78, 5) is 23.7. The first-order valence-electron chi connectivity index (χ1n) is 6.09. The molecule has 2 rings (SSSR count). The lowest BCUT2D eigenvalue weighted by Gasteiger charge is -2.27. The van der Waals surface area contributed by atoms with Crippen molar-refractivity contribution < 1.29 is 19.8 Å². The maximum absolute atomic E-state index is 11.9. The van der Waals surface area contributed by atoms with Crippen LogP contribution in [0.25, 0.3) is 0 Å². The van der Waals surface area contributed by atoms with Crippen molar-refractivity contribution in [3.63, 3.8) is 0 Å². The summed E-state index contributed by atoms with van der Waals surface area (Å²) in [5.41, 5.74) is 9.33. The molecule has 0 radical (unpaired) electrons. The van der Waals surface area contributed by atoms with Crippen molar-refractivity contribution in [1.29, 1.82) is 0 Å². The van der Waals surface area contributed by atoms with Crippen LogP contribution in [0.2, 0.25) is 0 Å². The maximum Gasteiger partial charge on any atom is 0.330 e. The first-order chi connectivity index (χ1) is 9.92.